The zero-order chi connectivity index (χ0) is 15.5. The molecule has 0 aliphatic carbocycles. The number of hydrogen-bond donors (Lipinski definition) is 0. The van der Waals surface area contributed by atoms with Crippen molar-refractivity contribution in [3.8, 4) is 5.75 Å². The summed E-state index contributed by atoms with van der Waals surface area (Å²) in [6.45, 7) is 1.16. The van der Waals surface area contributed by atoms with E-state index < -0.39 is 0 Å². The summed E-state index contributed by atoms with van der Waals surface area (Å²) in [6.07, 6.45) is 5.41. The van der Waals surface area contributed by atoms with Gasteiger partial charge >= 0.3 is 0 Å². The van der Waals surface area contributed by atoms with Crippen LogP contribution in [0.15, 0.2) is 36.7 Å². The number of carbonyl (C=O) groups excluding carboxylic acids is 1. The summed E-state index contributed by atoms with van der Waals surface area (Å²) < 4.78 is 7.49. The standard InChI is InChI=1S/C17H21N3O2/c1-19(8-7-13-10-18-20(2)11-13)17(21)15-9-14-5-3-4-6-16(14)22-12-15/h3-6,10-11,15H,7-9,12H2,1-2H3/t15-/m0/s1. The summed E-state index contributed by atoms with van der Waals surface area (Å²) >= 11 is 0. The Morgan fingerprint density at radius 3 is 3.05 bits per heavy atom. The maximum Gasteiger partial charge on any atom is 0.229 e. The van der Waals surface area contributed by atoms with Crippen LogP contribution in [0, 0.1) is 5.92 Å². The summed E-state index contributed by atoms with van der Waals surface area (Å²) in [5, 5.41) is 4.15. The van der Waals surface area contributed by atoms with Gasteiger partial charge in [-0.15, -0.1) is 0 Å². The molecule has 1 aliphatic rings. The van der Waals surface area contributed by atoms with E-state index in [9.17, 15) is 4.79 Å². The molecule has 0 unspecified atom stereocenters. The molecular formula is C17H21N3O2. The molecule has 2 aromatic rings. The number of aryl methyl sites for hydroxylation is 1. The Morgan fingerprint density at radius 1 is 1.45 bits per heavy atom. The van der Waals surface area contributed by atoms with E-state index in [-0.39, 0.29) is 11.8 Å². The van der Waals surface area contributed by atoms with Crippen LogP contribution in [0.25, 0.3) is 0 Å². The second-order valence-electron chi connectivity index (χ2n) is 5.85. The van der Waals surface area contributed by atoms with Crippen molar-refractivity contribution in [3.05, 3.63) is 47.8 Å². The van der Waals surface area contributed by atoms with Crippen LogP contribution in [0.3, 0.4) is 0 Å². The fourth-order valence-electron chi connectivity index (χ4n) is 2.81. The van der Waals surface area contributed by atoms with Crippen molar-refractivity contribution in [1.82, 2.24) is 14.7 Å². The average Bonchev–Trinajstić information content (AvgIpc) is 2.97. The van der Waals surface area contributed by atoms with Gasteiger partial charge < -0.3 is 9.64 Å². The first-order valence-electron chi connectivity index (χ1n) is 7.56. The molecule has 1 atom stereocenters. The summed E-state index contributed by atoms with van der Waals surface area (Å²) in [4.78, 5) is 14.4. The number of para-hydroxylation sites is 1. The second-order valence-corrected chi connectivity index (χ2v) is 5.85. The molecule has 5 nitrogen and oxygen atoms in total. The number of amides is 1. The Morgan fingerprint density at radius 2 is 2.27 bits per heavy atom. The number of fused-ring (bicyclic) bond motifs is 1. The van der Waals surface area contributed by atoms with Crippen molar-refractivity contribution >= 4 is 5.91 Å². The topological polar surface area (TPSA) is 47.4 Å². The van der Waals surface area contributed by atoms with Crippen LogP contribution >= 0.6 is 0 Å². The first kappa shape index (κ1) is 14.6. The van der Waals surface area contributed by atoms with E-state index in [2.05, 4.69) is 5.10 Å². The predicted octanol–water partition coefficient (Wildman–Crippen LogP) is 1.67. The highest BCUT2D eigenvalue weighted by Gasteiger charge is 2.27. The van der Waals surface area contributed by atoms with Gasteiger partial charge in [0, 0.05) is 26.8 Å². The van der Waals surface area contributed by atoms with Crippen LogP contribution in [0.5, 0.6) is 5.75 Å². The number of ether oxygens (including phenoxy) is 1. The molecule has 0 N–H and O–H groups in total. The van der Waals surface area contributed by atoms with E-state index in [1.165, 1.54) is 0 Å². The predicted molar refractivity (Wildman–Crippen MR) is 83.7 cm³/mol. The minimum atomic E-state index is -0.0891. The highest BCUT2D eigenvalue weighted by Crippen LogP contribution is 2.27. The molecular weight excluding hydrogens is 278 g/mol. The molecule has 22 heavy (non-hydrogen) atoms. The molecule has 0 saturated carbocycles. The monoisotopic (exact) mass is 299 g/mol. The van der Waals surface area contributed by atoms with E-state index in [4.69, 9.17) is 4.74 Å². The molecule has 0 spiro atoms. The fourth-order valence-corrected chi connectivity index (χ4v) is 2.81. The number of rotatable bonds is 4. The maximum absolute atomic E-state index is 12.6. The Bertz CT molecular complexity index is 665. The third-order valence-electron chi connectivity index (χ3n) is 4.10. The highest BCUT2D eigenvalue weighted by molar-refractivity contribution is 5.79. The molecule has 1 aliphatic heterocycles. The van der Waals surface area contributed by atoms with Crippen molar-refractivity contribution < 1.29 is 9.53 Å². The van der Waals surface area contributed by atoms with Crippen molar-refractivity contribution in [2.45, 2.75) is 12.8 Å². The zero-order valence-electron chi connectivity index (χ0n) is 13.0. The normalized spacial score (nSPS) is 16.7. The summed E-state index contributed by atoms with van der Waals surface area (Å²) in [5.41, 5.74) is 2.26. The van der Waals surface area contributed by atoms with Crippen LogP contribution in [0.4, 0.5) is 0 Å². The van der Waals surface area contributed by atoms with Crippen LogP contribution in [-0.2, 0) is 24.7 Å². The number of aromatic nitrogens is 2. The van der Waals surface area contributed by atoms with Gasteiger partial charge in [0.05, 0.1) is 12.1 Å². The van der Waals surface area contributed by atoms with Crippen molar-refractivity contribution in [3.63, 3.8) is 0 Å². The van der Waals surface area contributed by atoms with E-state index in [0.29, 0.717) is 13.2 Å². The summed E-state index contributed by atoms with van der Waals surface area (Å²) in [7, 11) is 3.76. The Kier molecular flexibility index (Phi) is 4.13. The SMILES string of the molecule is CN(CCc1cnn(C)c1)C(=O)[C@@H]1COc2ccccc2C1. The number of nitrogens with zero attached hydrogens (tertiary/aromatic N) is 3. The first-order chi connectivity index (χ1) is 10.6. The van der Waals surface area contributed by atoms with Gasteiger partial charge in [0.25, 0.3) is 0 Å². The first-order valence-corrected chi connectivity index (χ1v) is 7.56. The van der Waals surface area contributed by atoms with Crippen LogP contribution < -0.4 is 4.74 Å². The molecule has 0 bridgehead atoms. The zero-order valence-corrected chi connectivity index (χ0v) is 13.0. The number of benzene rings is 1. The summed E-state index contributed by atoms with van der Waals surface area (Å²) in [5.74, 6) is 0.969. The molecule has 0 saturated heterocycles. The maximum atomic E-state index is 12.6. The Balaban J connectivity index is 1.57. The fraction of sp³-hybridized carbons (Fsp3) is 0.412. The van der Waals surface area contributed by atoms with Gasteiger partial charge in [-0.1, -0.05) is 18.2 Å². The minimum absolute atomic E-state index is 0.0891. The third kappa shape index (κ3) is 3.13. The van der Waals surface area contributed by atoms with Gasteiger partial charge in [0.2, 0.25) is 5.91 Å². The molecule has 1 aromatic heterocycles. The number of hydrogen-bond acceptors (Lipinski definition) is 3. The lowest BCUT2D eigenvalue weighted by molar-refractivity contribution is -0.135. The lowest BCUT2D eigenvalue weighted by atomic mass is 9.95. The van der Waals surface area contributed by atoms with E-state index >= 15 is 0 Å². The molecule has 2 heterocycles. The van der Waals surface area contributed by atoms with Crippen LogP contribution in [-0.4, -0.2) is 40.8 Å². The molecule has 0 radical (unpaired) electrons. The van der Waals surface area contributed by atoms with Gasteiger partial charge in [0.15, 0.2) is 0 Å². The molecule has 5 heteroatoms. The molecule has 0 fully saturated rings. The molecule has 3 rings (SSSR count). The molecule has 1 aromatic carbocycles. The number of carbonyl (C=O) groups is 1. The third-order valence-corrected chi connectivity index (χ3v) is 4.10. The van der Waals surface area contributed by atoms with E-state index in [1.54, 1.807) is 9.58 Å². The van der Waals surface area contributed by atoms with Crippen molar-refractivity contribution in [2.75, 3.05) is 20.2 Å². The van der Waals surface area contributed by atoms with Crippen LogP contribution in [0.1, 0.15) is 11.1 Å². The lowest BCUT2D eigenvalue weighted by Crippen LogP contribution is -2.39. The smallest absolute Gasteiger partial charge is 0.229 e. The van der Waals surface area contributed by atoms with Gasteiger partial charge in [-0.2, -0.15) is 5.10 Å². The summed E-state index contributed by atoms with van der Waals surface area (Å²) in [6, 6.07) is 7.94. The van der Waals surface area contributed by atoms with Gasteiger partial charge in [-0.05, 0) is 30.0 Å². The van der Waals surface area contributed by atoms with Crippen molar-refractivity contribution in [2.24, 2.45) is 13.0 Å². The quantitative estimate of drug-likeness (QED) is 0.863. The Hall–Kier alpha value is -2.30. The average molecular weight is 299 g/mol. The molecule has 1 amide bonds. The second kappa shape index (κ2) is 6.22. The molecule has 116 valence electrons. The van der Waals surface area contributed by atoms with Gasteiger partial charge in [-0.25, -0.2) is 0 Å². The minimum Gasteiger partial charge on any atom is -0.492 e. The largest absolute Gasteiger partial charge is 0.492 e. The van der Waals surface area contributed by atoms with E-state index in [1.807, 2.05) is 50.8 Å². The van der Waals surface area contributed by atoms with Gasteiger partial charge in [0.1, 0.15) is 12.4 Å². The highest BCUT2D eigenvalue weighted by atomic mass is 16.5. The van der Waals surface area contributed by atoms with E-state index in [0.717, 1.165) is 29.7 Å². The Labute approximate surface area is 130 Å². The van der Waals surface area contributed by atoms with Crippen molar-refractivity contribution in [1.29, 1.82) is 0 Å². The number of likely N-dealkylation sites (N-methyl/N-ethyl adjacent to an activating group) is 1. The van der Waals surface area contributed by atoms with Crippen LogP contribution in [0.2, 0.25) is 0 Å². The lowest BCUT2D eigenvalue weighted by Gasteiger charge is -2.28. The van der Waals surface area contributed by atoms with Gasteiger partial charge in [-0.3, -0.25) is 9.48 Å².